The first kappa shape index (κ1) is 15.9. The maximum Gasteiger partial charge on any atom is 0.244 e. The molecule has 0 aliphatic carbocycles. The number of rotatable bonds is 7. The first-order valence-corrected chi connectivity index (χ1v) is 7.98. The molecule has 0 aromatic carbocycles. The Morgan fingerprint density at radius 3 is 2.58 bits per heavy atom. The van der Waals surface area contributed by atoms with E-state index in [1.807, 2.05) is 27.7 Å². The van der Waals surface area contributed by atoms with Gasteiger partial charge < -0.3 is 5.32 Å². The van der Waals surface area contributed by atoms with Crippen molar-refractivity contribution in [3.05, 3.63) is 18.5 Å². The predicted molar refractivity (Wildman–Crippen MR) is 77.7 cm³/mol. The van der Waals surface area contributed by atoms with Gasteiger partial charge in [-0.25, -0.2) is 13.1 Å². The second-order valence-electron chi connectivity index (χ2n) is 5.24. The summed E-state index contributed by atoms with van der Waals surface area (Å²) in [5.74, 6) is 0. The lowest BCUT2D eigenvalue weighted by atomic mass is 9.91. The summed E-state index contributed by atoms with van der Waals surface area (Å²) >= 11 is 0. The number of pyridine rings is 1. The van der Waals surface area contributed by atoms with Crippen LogP contribution < -0.4 is 10.0 Å². The summed E-state index contributed by atoms with van der Waals surface area (Å²) in [7, 11) is -3.53. The molecule has 0 saturated heterocycles. The Morgan fingerprint density at radius 1 is 1.32 bits per heavy atom. The second kappa shape index (κ2) is 6.34. The van der Waals surface area contributed by atoms with Crippen molar-refractivity contribution in [1.82, 2.24) is 9.71 Å². The molecule has 1 rings (SSSR count). The van der Waals surface area contributed by atoms with Crippen molar-refractivity contribution in [2.24, 2.45) is 5.41 Å². The molecule has 0 radical (unpaired) electrons. The summed E-state index contributed by atoms with van der Waals surface area (Å²) in [6, 6.07) is 1.67. The molecule has 0 fully saturated rings. The highest BCUT2D eigenvalue weighted by atomic mass is 32.2. The number of aromatic nitrogens is 1. The fourth-order valence-electron chi connectivity index (χ4n) is 1.42. The van der Waals surface area contributed by atoms with Crippen molar-refractivity contribution in [1.29, 1.82) is 0 Å². The van der Waals surface area contributed by atoms with Gasteiger partial charge in [-0.1, -0.05) is 20.8 Å². The molecule has 19 heavy (non-hydrogen) atoms. The van der Waals surface area contributed by atoms with E-state index in [-0.39, 0.29) is 10.3 Å². The smallest absolute Gasteiger partial charge is 0.244 e. The van der Waals surface area contributed by atoms with Crippen LogP contribution in [0.1, 0.15) is 34.1 Å². The quantitative estimate of drug-likeness (QED) is 0.806. The van der Waals surface area contributed by atoms with Gasteiger partial charge in [-0.3, -0.25) is 4.98 Å². The van der Waals surface area contributed by atoms with E-state index in [0.717, 1.165) is 6.42 Å². The largest absolute Gasteiger partial charge is 0.384 e. The first-order chi connectivity index (χ1) is 8.82. The third-order valence-corrected chi connectivity index (χ3v) is 4.57. The number of nitrogens with one attached hydrogen (secondary N) is 2. The van der Waals surface area contributed by atoms with Gasteiger partial charge in [0.05, 0.1) is 5.69 Å². The molecule has 1 aromatic rings. The lowest BCUT2D eigenvalue weighted by Crippen LogP contribution is -2.34. The van der Waals surface area contributed by atoms with E-state index in [1.165, 1.54) is 6.20 Å². The summed E-state index contributed by atoms with van der Waals surface area (Å²) < 4.78 is 27.3. The molecule has 1 heterocycles. The molecule has 0 bridgehead atoms. The van der Waals surface area contributed by atoms with E-state index in [1.54, 1.807) is 12.3 Å². The number of anilines is 1. The van der Waals surface area contributed by atoms with Gasteiger partial charge in [-0.15, -0.1) is 0 Å². The van der Waals surface area contributed by atoms with Crippen LogP contribution in [0.15, 0.2) is 23.4 Å². The van der Waals surface area contributed by atoms with Crippen molar-refractivity contribution in [2.45, 2.75) is 39.0 Å². The molecule has 2 N–H and O–H groups in total. The summed E-state index contributed by atoms with van der Waals surface area (Å²) in [6.45, 7) is 9.10. The van der Waals surface area contributed by atoms with Gasteiger partial charge in [0.25, 0.3) is 0 Å². The fraction of sp³-hybridized carbons (Fsp3) is 0.615. The molecule has 0 spiro atoms. The van der Waals surface area contributed by atoms with Crippen LogP contribution in [0.2, 0.25) is 0 Å². The van der Waals surface area contributed by atoms with Crippen LogP contribution in [0, 0.1) is 5.41 Å². The molecule has 6 heteroatoms. The lowest BCUT2D eigenvalue weighted by Gasteiger charge is -2.23. The van der Waals surface area contributed by atoms with Crippen molar-refractivity contribution < 1.29 is 8.42 Å². The number of hydrogen-bond acceptors (Lipinski definition) is 4. The Hall–Kier alpha value is -1.14. The average molecular weight is 285 g/mol. The van der Waals surface area contributed by atoms with E-state index < -0.39 is 10.0 Å². The topological polar surface area (TPSA) is 71.1 Å². The highest BCUT2D eigenvalue weighted by Crippen LogP contribution is 2.22. The Labute approximate surface area is 115 Å². The predicted octanol–water partition coefficient (Wildman–Crippen LogP) is 2.23. The van der Waals surface area contributed by atoms with Crippen molar-refractivity contribution in [3.8, 4) is 0 Å². The summed E-state index contributed by atoms with van der Waals surface area (Å²) in [6.07, 6.45) is 3.86. The number of sulfonamides is 1. The zero-order valence-corrected chi connectivity index (χ0v) is 12.8. The van der Waals surface area contributed by atoms with Crippen LogP contribution in [0.3, 0.4) is 0 Å². The first-order valence-electron chi connectivity index (χ1n) is 6.50. The molecule has 0 saturated carbocycles. The Bertz CT molecular complexity index is 512. The molecule has 0 aliphatic heterocycles. The minimum Gasteiger partial charge on any atom is -0.384 e. The average Bonchev–Trinajstić information content (AvgIpc) is 2.38. The van der Waals surface area contributed by atoms with Crippen molar-refractivity contribution in [2.75, 3.05) is 18.4 Å². The third-order valence-electron chi connectivity index (χ3n) is 3.14. The third kappa shape index (κ3) is 4.47. The molecule has 0 atom stereocenters. The highest BCUT2D eigenvalue weighted by molar-refractivity contribution is 7.89. The highest BCUT2D eigenvalue weighted by Gasteiger charge is 2.23. The van der Waals surface area contributed by atoms with Gasteiger partial charge >= 0.3 is 0 Å². The van der Waals surface area contributed by atoms with Crippen LogP contribution in [-0.2, 0) is 10.0 Å². The van der Waals surface area contributed by atoms with Crippen LogP contribution in [0.5, 0.6) is 0 Å². The maximum absolute atomic E-state index is 12.3. The van der Waals surface area contributed by atoms with Crippen LogP contribution in [-0.4, -0.2) is 26.5 Å². The molecule has 0 amide bonds. The Morgan fingerprint density at radius 2 is 2.00 bits per heavy atom. The Kier molecular flexibility index (Phi) is 5.31. The van der Waals surface area contributed by atoms with E-state index in [0.29, 0.717) is 18.8 Å². The van der Waals surface area contributed by atoms with Crippen molar-refractivity contribution in [3.63, 3.8) is 0 Å². The van der Waals surface area contributed by atoms with Gasteiger partial charge in [0.15, 0.2) is 0 Å². The van der Waals surface area contributed by atoms with Gasteiger partial charge in [-0.2, -0.15) is 0 Å². The molecular formula is C13H23N3O2S. The number of nitrogens with zero attached hydrogens (tertiary/aromatic N) is 1. The summed E-state index contributed by atoms with van der Waals surface area (Å²) in [4.78, 5) is 4.10. The van der Waals surface area contributed by atoms with Crippen molar-refractivity contribution >= 4 is 15.7 Å². The summed E-state index contributed by atoms with van der Waals surface area (Å²) in [5.41, 5.74) is 0.521. The number of hydrogen-bond donors (Lipinski definition) is 2. The fourth-order valence-corrected chi connectivity index (χ4v) is 2.79. The van der Waals surface area contributed by atoms with Crippen LogP contribution in [0.25, 0.3) is 0 Å². The zero-order valence-electron chi connectivity index (χ0n) is 12.0. The molecule has 1 aromatic heterocycles. The minimum absolute atomic E-state index is 0.0619. The van der Waals surface area contributed by atoms with E-state index in [9.17, 15) is 8.42 Å². The van der Waals surface area contributed by atoms with Crippen LogP contribution >= 0.6 is 0 Å². The lowest BCUT2D eigenvalue weighted by molar-refractivity contribution is 0.350. The van der Waals surface area contributed by atoms with E-state index >= 15 is 0 Å². The standard InChI is InChI=1S/C13H23N3O2S/c1-5-13(3,4)10-16-19(17,18)12-9-14-8-7-11(12)15-6-2/h7-9,16H,5-6,10H2,1-4H3,(H,14,15). The monoisotopic (exact) mass is 285 g/mol. The van der Waals surface area contributed by atoms with Gasteiger partial charge in [-0.05, 0) is 24.8 Å². The molecule has 5 nitrogen and oxygen atoms in total. The Balaban J connectivity index is 2.95. The van der Waals surface area contributed by atoms with Crippen LogP contribution in [0.4, 0.5) is 5.69 Å². The molecule has 0 aliphatic rings. The summed E-state index contributed by atoms with van der Waals surface area (Å²) in [5, 5.41) is 3.03. The molecule has 108 valence electrons. The van der Waals surface area contributed by atoms with Gasteiger partial charge in [0, 0.05) is 25.5 Å². The molecular weight excluding hydrogens is 262 g/mol. The van der Waals surface area contributed by atoms with Gasteiger partial charge in [0.2, 0.25) is 10.0 Å². The maximum atomic E-state index is 12.3. The molecule has 0 unspecified atom stereocenters. The van der Waals surface area contributed by atoms with E-state index in [2.05, 4.69) is 15.0 Å². The van der Waals surface area contributed by atoms with E-state index in [4.69, 9.17) is 0 Å². The normalized spacial score (nSPS) is 12.4. The SMILES string of the molecule is CCNc1ccncc1S(=O)(=O)NCC(C)(C)CC. The van der Waals surface area contributed by atoms with Gasteiger partial charge in [0.1, 0.15) is 4.90 Å². The second-order valence-corrected chi connectivity index (χ2v) is 6.98. The minimum atomic E-state index is -3.53. The zero-order chi connectivity index (χ0) is 14.5.